The minimum atomic E-state index is -0.580. The molecule has 3 rings (SSSR count). The molecule has 134 valence electrons. The van der Waals surface area contributed by atoms with Gasteiger partial charge in [0.1, 0.15) is 0 Å². The van der Waals surface area contributed by atoms with E-state index in [1.54, 1.807) is 24.3 Å². The molecule has 0 saturated carbocycles. The van der Waals surface area contributed by atoms with Crippen LogP contribution in [0.2, 0.25) is 5.02 Å². The molecule has 1 heterocycles. The van der Waals surface area contributed by atoms with Gasteiger partial charge in [0, 0.05) is 36.5 Å². The maximum atomic E-state index is 12.3. The molecule has 2 amide bonds. The third kappa shape index (κ3) is 3.83. The highest BCUT2D eigenvalue weighted by molar-refractivity contribution is 6.34. The van der Waals surface area contributed by atoms with Crippen LogP contribution in [-0.4, -0.2) is 34.7 Å². The molecule has 0 radical (unpaired) electrons. The van der Waals surface area contributed by atoms with Crippen LogP contribution in [0.4, 0.5) is 11.4 Å². The number of nitrogens with one attached hydrogen (secondary N) is 1. The van der Waals surface area contributed by atoms with Gasteiger partial charge in [-0.1, -0.05) is 11.6 Å². The fourth-order valence-corrected chi connectivity index (χ4v) is 3.06. The number of halogens is 1. The largest absolute Gasteiger partial charge is 0.339 e. The lowest BCUT2D eigenvalue weighted by molar-refractivity contribution is -0.384. The second-order valence-corrected chi connectivity index (χ2v) is 6.36. The molecule has 0 atom stereocenters. The van der Waals surface area contributed by atoms with Crippen LogP contribution >= 0.6 is 11.6 Å². The van der Waals surface area contributed by atoms with Gasteiger partial charge >= 0.3 is 0 Å². The Labute approximate surface area is 154 Å². The number of carbonyl (C=O) groups excluding carboxylic acids is 2. The number of nitro groups is 1. The van der Waals surface area contributed by atoms with Gasteiger partial charge in [-0.2, -0.15) is 0 Å². The van der Waals surface area contributed by atoms with E-state index in [0.717, 1.165) is 32.0 Å². The minimum Gasteiger partial charge on any atom is -0.339 e. The van der Waals surface area contributed by atoms with Crippen LogP contribution in [0, 0.1) is 10.1 Å². The average molecular weight is 374 g/mol. The third-order valence-corrected chi connectivity index (χ3v) is 4.50. The standard InChI is InChI=1S/C18H16ClN3O4/c19-16-11-14(22(25)26)7-8-15(16)17(23)20-13-5-3-12(4-6-13)18(24)21-9-1-2-10-21/h3-8,11H,1-2,9-10H2,(H,20,23). The van der Waals surface area contributed by atoms with Crippen molar-refractivity contribution in [2.24, 2.45) is 0 Å². The third-order valence-electron chi connectivity index (χ3n) is 4.19. The minimum absolute atomic E-state index is 0.00229. The predicted molar refractivity (Wildman–Crippen MR) is 97.6 cm³/mol. The van der Waals surface area contributed by atoms with Gasteiger partial charge in [0.15, 0.2) is 0 Å². The number of non-ortho nitro benzene ring substituents is 1. The Morgan fingerprint density at radius 3 is 2.31 bits per heavy atom. The Balaban J connectivity index is 1.70. The van der Waals surface area contributed by atoms with Gasteiger partial charge in [0.25, 0.3) is 17.5 Å². The number of rotatable bonds is 4. The van der Waals surface area contributed by atoms with Gasteiger partial charge < -0.3 is 10.2 Å². The lowest BCUT2D eigenvalue weighted by Gasteiger charge is -2.15. The number of benzene rings is 2. The van der Waals surface area contributed by atoms with Crippen molar-refractivity contribution in [3.63, 3.8) is 0 Å². The first-order chi connectivity index (χ1) is 12.5. The fraction of sp³-hybridized carbons (Fsp3) is 0.222. The topological polar surface area (TPSA) is 92.6 Å². The summed E-state index contributed by atoms with van der Waals surface area (Å²) in [5, 5.41) is 13.4. The smallest absolute Gasteiger partial charge is 0.270 e. The molecule has 0 aromatic heterocycles. The first kappa shape index (κ1) is 17.9. The maximum absolute atomic E-state index is 12.3. The summed E-state index contributed by atoms with van der Waals surface area (Å²) in [7, 11) is 0. The van der Waals surface area contributed by atoms with E-state index in [9.17, 15) is 19.7 Å². The SMILES string of the molecule is O=C(Nc1ccc(C(=O)N2CCCC2)cc1)c1ccc([N+](=O)[O-])cc1Cl. The van der Waals surface area contributed by atoms with Gasteiger partial charge in [-0.15, -0.1) is 0 Å². The van der Waals surface area contributed by atoms with Crippen molar-refractivity contribution in [1.82, 2.24) is 4.90 Å². The molecule has 2 aromatic rings. The number of nitrogens with zero attached hydrogens (tertiary/aromatic N) is 2. The monoisotopic (exact) mass is 373 g/mol. The van der Waals surface area contributed by atoms with E-state index in [-0.39, 0.29) is 22.2 Å². The Morgan fingerprint density at radius 2 is 1.73 bits per heavy atom. The molecule has 1 aliphatic heterocycles. The number of likely N-dealkylation sites (tertiary alicyclic amines) is 1. The molecule has 2 aromatic carbocycles. The van der Waals surface area contributed by atoms with Crippen LogP contribution in [0.15, 0.2) is 42.5 Å². The highest BCUT2D eigenvalue weighted by Crippen LogP contribution is 2.23. The van der Waals surface area contributed by atoms with Gasteiger partial charge in [0.05, 0.1) is 15.5 Å². The van der Waals surface area contributed by atoms with Gasteiger partial charge in [0.2, 0.25) is 0 Å². The molecule has 8 heteroatoms. The summed E-state index contributed by atoms with van der Waals surface area (Å²) in [6.45, 7) is 1.55. The van der Waals surface area contributed by atoms with Crippen molar-refractivity contribution in [3.8, 4) is 0 Å². The molecule has 0 spiro atoms. The predicted octanol–water partition coefficient (Wildman–Crippen LogP) is 3.74. The molecule has 26 heavy (non-hydrogen) atoms. The average Bonchev–Trinajstić information content (AvgIpc) is 3.16. The quantitative estimate of drug-likeness (QED) is 0.652. The lowest BCUT2D eigenvalue weighted by atomic mass is 10.1. The zero-order valence-electron chi connectivity index (χ0n) is 13.8. The van der Waals surface area contributed by atoms with E-state index in [2.05, 4.69) is 5.32 Å². The van der Waals surface area contributed by atoms with E-state index in [4.69, 9.17) is 11.6 Å². The van der Waals surface area contributed by atoms with E-state index in [0.29, 0.717) is 11.3 Å². The summed E-state index contributed by atoms with van der Waals surface area (Å²) in [6, 6.07) is 10.3. The van der Waals surface area contributed by atoms with Crippen LogP contribution in [0.1, 0.15) is 33.6 Å². The Morgan fingerprint density at radius 1 is 1.08 bits per heavy atom. The number of amides is 2. The van der Waals surface area contributed by atoms with Crippen LogP contribution < -0.4 is 5.32 Å². The van der Waals surface area contributed by atoms with Crippen molar-refractivity contribution >= 4 is 34.8 Å². The van der Waals surface area contributed by atoms with Crippen LogP contribution in [0.25, 0.3) is 0 Å². The molecule has 1 aliphatic rings. The van der Waals surface area contributed by atoms with Crippen LogP contribution in [-0.2, 0) is 0 Å². The van der Waals surface area contributed by atoms with Crippen molar-refractivity contribution in [2.75, 3.05) is 18.4 Å². The second-order valence-electron chi connectivity index (χ2n) is 5.95. The van der Waals surface area contributed by atoms with Crippen molar-refractivity contribution in [2.45, 2.75) is 12.8 Å². The molecule has 0 unspecified atom stereocenters. The van der Waals surface area contributed by atoms with E-state index >= 15 is 0 Å². The molecule has 1 saturated heterocycles. The van der Waals surface area contributed by atoms with Gasteiger partial charge in [-0.3, -0.25) is 19.7 Å². The maximum Gasteiger partial charge on any atom is 0.270 e. The summed E-state index contributed by atoms with van der Waals surface area (Å²) in [5.41, 5.74) is 1.02. The molecule has 0 aliphatic carbocycles. The molecule has 1 N–H and O–H groups in total. The van der Waals surface area contributed by atoms with E-state index < -0.39 is 10.8 Å². The van der Waals surface area contributed by atoms with Crippen molar-refractivity contribution in [3.05, 3.63) is 68.7 Å². The van der Waals surface area contributed by atoms with E-state index in [1.165, 1.54) is 12.1 Å². The van der Waals surface area contributed by atoms with Gasteiger partial charge in [-0.25, -0.2) is 0 Å². The summed E-state index contributed by atoms with van der Waals surface area (Å²) in [6.07, 6.45) is 2.05. The summed E-state index contributed by atoms with van der Waals surface area (Å²) < 4.78 is 0. The number of anilines is 1. The fourth-order valence-electron chi connectivity index (χ4n) is 2.80. The normalized spacial score (nSPS) is 13.5. The number of hydrogen-bond acceptors (Lipinski definition) is 4. The molecular weight excluding hydrogens is 358 g/mol. The first-order valence-corrected chi connectivity index (χ1v) is 8.48. The summed E-state index contributed by atoms with van der Waals surface area (Å²) >= 11 is 5.96. The Bertz CT molecular complexity index is 861. The summed E-state index contributed by atoms with van der Waals surface area (Å²) in [4.78, 5) is 36.6. The van der Waals surface area contributed by atoms with Crippen molar-refractivity contribution in [1.29, 1.82) is 0 Å². The zero-order valence-corrected chi connectivity index (χ0v) is 14.5. The molecular formula is C18H16ClN3O4. The Kier molecular flexibility index (Phi) is 5.18. The van der Waals surface area contributed by atoms with Gasteiger partial charge in [-0.05, 0) is 43.2 Å². The zero-order chi connectivity index (χ0) is 18.7. The second kappa shape index (κ2) is 7.53. The number of nitro benzene ring substituents is 1. The van der Waals surface area contributed by atoms with Crippen molar-refractivity contribution < 1.29 is 14.5 Å². The molecule has 1 fully saturated rings. The summed E-state index contributed by atoms with van der Waals surface area (Å²) in [5.74, 6) is -0.498. The van der Waals surface area contributed by atoms with E-state index in [1.807, 2.05) is 4.90 Å². The Hall–Kier alpha value is -2.93. The molecule has 0 bridgehead atoms. The highest BCUT2D eigenvalue weighted by atomic mass is 35.5. The number of carbonyl (C=O) groups is 2. The highest BCUT2D eigenvalue weighted by Gasteiger charge is 2.19. The van der Waals surface area contributed by atoms with Crippen LogP contribution in [0.5, 0.6) is 0 Å². The first-order valence-electron chi connectivity index (χ1n) is 8.10. The molecule has 7 nitrogen and oxygen atoms in total. The lowest BCUT2D eigenvalue weighted by Crippen LogP contribution is -2.27. The van der Waals surface area contributed by atoms with Crippen LogP contribution in [0.3, 0.4) is 0 Å². The number of hydrogen-bond donors (Lipinski definition) is 1.